The molecule has 164 valence electrons. The van der Waals surface area contributed by atoms with Gasteiger partial charge in [0.2, 0.25) is 17.7 Å². The van der Waals surface area contributed by atoms with Crippen molar-refractivity contribution in [2.45, 2.75) is 70.5 Å². The number of piperazine rings is 1. The number of nitrogens with zero attached hydrogens (tertiary/aromatic N) is 1. The van der Waals surface area contributed by atoms with E-state index in [-0.39, 0.29) is 42.1 Å². The van der Waals surface area contributed by atoms with Crippen LogP contribution >= 0.6 is 11.6 Å². The fourth-order valence-corrected chi connectivity index (χ4v) is 4.58. The van der Waals surface area contributed by atoms with Crippen molar-refractivity contribution in [3.05, 3.63) is 23.2 Å². The zero-order valence-corrected chi connectivity index (χ0v) is 18.5. The molecule has 2 fully saturated rings. The van der Waals surface area contributed by atoms with Crippen molar-refractivity contribution in [3.63, 3.8) is 0 Å². The maximum absolute atomic E-state index is 13.1. The summed E-state index contributed by atoms with van der Waals surface area (Å²) in [6.45, 7) is 3.96. The molecule has 0 bridgehead atoms. The van der Waals surface area contributed by atoms with E-state index >= 15 is 0 Å². The van der Waals surface area contributed by atoms with Gasteiger partial charge in [0, 0.05) is 17.5 Å². The normalized spacial score (nSPS) is 23.6. The number of carbonyl (C=O) groups excluding carboxylic acids is 3. The van der Waals surface area contributed by atoms with Crippen LogP contribution in [0.15, 0.2) is 18.2 Å². The molecule has 7 nitrogen and oxygen atoms in total. The molecule has 0 aromatic heterocycles. The summed E-state index contributed by atoms with van der Waals surface area (Å²) in [7, 11) is 1.50. The van der Waals surface area contributed by atoms with E-state index in [0.717, 1.165) is 25.7 Å². The highest BCUT2D eigenvalue weighted by Gasteiger charge is 2.45. The van der Waals surface area contributed by atoms with E-state index in [0.29, 0.717) is 22.9 Å². The quantitative estimate of drug-likeness (QED) is 0.717. The van der Waals surface area contributed by atoms with Crippen LogP contribution in [0.3, 0.4) is 0 Å². The van der Waals surface area contributed by atoms with Gasteiger partial charge in [-0.3, -0.25) is 14.4 Å². The smallest absolute Gasteiger partial charge is 0.243 e. The van der Waals surface area contributed by atoms with Crippen molar-refractivity contribution in [1.29, 1.82) is 0 Å². The molecular formula is C22H30ClN3O4. The molecule has 1 aliphatic carbocycles. The van der Waals surface area contributed by atoms with E-state index in [1.54, 1.807) is 23.1 Å². The molecule has 2 N–H and O–H groups in total. The number of fused-ring (bicyclic) bond motifs is 1. The number of rotatable bonds is 6. The van der Waals surface area contributed by atoms with Gasteiger partial charge in [-0.15, -0.1) is 0 Å². The Kier molecular flexibility index (Phi) is 7.23. The largest absolute Gasteiger partial charge is 0.495 e. The molecule has 0 spiro atoms. The molecular weight excluding hydrogens is 406 g/mol. The first-order valence-corrected chi connectivity index (χ1v) is 10.9. The number of benzene rings is 1. The first kappa shape index (κ1) is 22.4. The van der Waals surface area contributed by atoms with E-state index < -0.39 is 6.04 Å². The minimum Gasteiger partial charge on any atom is -0.495 e. The summed E-state index contributed by atoms with van der Waals surface area (Å²) in [6.07, 6.45) is 4.00. The van der Waals surface area contributed by atoms with E-state index in [2.05, 4.69) is 10.6 Å². The SMILES string of the molecule is COc1ccc(Cl)cc1NC(=O)C[C@@H]1C(=O)N[C@@H]2CCCC[C@@H]2N1C(=O)CC(C)C. The van der Waals surface area contributed by atoms with Crippen LogP contribution in [0.2, 0.25) is 5.02 Å². The summed E-state index contributed by atoms with van der Waals surface area (Å²) in [5.41, 5.74) is 0.432. The van der Waals surface area contributed by atoms with Gasteiger partial charge in [0.1, 0.15) is 11.8 Å². The first-order valence-electron chi connectivity index (χ1n) is 10.5. The lowest BCUT2D eigenvalue weighted by Crippen LogP contribution is -2.68. The van der Waals surface area contributed by atoms with Gasteiger partial charge in [-0.1, -0.05) is 38.3 Å². The summed E-state index contributed by atoms with van der Waals surface area (Å²) in [6, 6.07) is 4.02. The van der Waals surface area contributed by atoms with Gasteiger partial charge in [-0.2, -0.15) is 0 Å². The third kappa shape index (κ3) is 5.06. The van der Waals surface area contributed by atoms with Crippen LogP contribution in [0.4, 0.5) is 5.69 Å². The van der Waals surface area contributed by atoms with Crippen molar-refractivity contribution in [2.24, 2.45) is 5.92 Å². The molecule has 1 aromatic rings. The summed E-state index contributed by atoms with van der Waals surface area (Å²) in [5, 5.41) is 6.28. The number of nitrogens with one attached hydrogen (secondary N) is 2. The predicted octanol–water partition coefficient (Wildman–Crippen LogP) is 3.36. The van der Waals surface area contributed by atoms with Gasteiger partial charge in [0.25, 0.3) is 0 Å². The highest BCUT2D eigenvalue weighted by Crippen LogP contribution is 2.32. The molecule has 8 heteroatoms. The number of methoxy groups -OCH3 is 1. The molecule has 1 saturated heterocycles. The summed E-state index contributed by atoms with van der Waals surface area (Å²) in [4.78, 5) is 40.5. The van der Waals surface area contributed by atoms with Crippen molar-refractivity contribution in [1.82, 2.24) is 10.2 Å². The van der Waals surface area contributed by atoms with Crippen molar-refractivity contribution < 1.29 is 19.1 Å². The molecule has 1 saturated carbocycles. The molecule has 0 radical (unpaired) electrons. The topological polar surface area (TPSA) is 87.7 Å². The van der Waals surface area contributed by atoms with Crippen molar-refractivity contribution >= 4 is 35.0 Å². The van der Waals surface area contributed by atoms with Gasteiger partial charge in [0.15, 0.2) is 0 Å². The minimum absolute atomic E-state index is 0.0327. The second-order valence-electron chi connectivity index (χ2n) is 8.48. The zero-order chi connectivity index (χ0) is 21.8. The number of ether oxygens (including phenoxy) is 1. The van der Waals surface area contributed by atoms with Crippen molar-refractivity contribution in [3.8, 4) is 5.75 Å². The lowest BCUT2D eigenvalue weighted by atomic mass is 9.84. The molecule has 2 aliphatic rings. The average Bonchev–Trinajstić information content (AvgIpc) is 2.68. The van der Waals surface area contributed by atoms with Crippen LogP contribution in [0.1, 0.15) is 52.4 Å². The third-order valence-electron chi connectivity index (χ3n) is 5.74. The number of hydrogen-bond acceptors (Lipinski definition) is 4. The second kappa shape index (κ2) is 9.69. The Balaban J connectivity index is 1.80. The Labute approximate surface area is 182 Å². The standard InChI is InChI=1S/C22H30ClN3O4/c1-13(2)10-21(28)26-17-7-5-4-6-15(17)25-22(29)18(26)12-20(27)24-16-11-14(23)8-9-19(16)30-3/h8-9,11,13,15,17-18H,4-7,10,12H2,1-3H3,(H,24,27)(H,25,29)/t15-,17+,18-/m1/s1. The molecule has 3 amide bonds. The fraction of sp³-hybridized carbons (Fsp3) is 0.591. The number of carbonyl (C=O) groups is 3. The van der Waals surface area contributed by atoms with Gasteiger partial charge in [-0.05, 0) is 37.0 Å². The molecule has 0 unspecified atom stereocenters. The zero-order valence-electron chi connectivity index (χ0n) is 17.7. The Morgan fingerprint density at radius 1 is 1.30 bits per heavy atom. The van der Waals surface area contributed by atoms with E-state index in [9.17, 15) is 14.4 Å². The Morgan fingerprint density at radius 2 is 2.03 bits per heavy atom. The monoisotopic (exact) mass is 435 g/mol. The first-order chi connectivity index (χ1) is 14.3. The number of hydrogen-bond donors (Lipinski definition) is 2. The van der Waals surface area contributed by atoms with Crippen LogP contribution in [-0.2, 0) is 14.4 Å². The van der Waals surface area contributed by atoms with E-state index in [1.165, 1.54) is 7.11 Å². The second-order valence-corrected chi connectivity index (χ2v) is 8.92. The Hall–Kier alpha value is -2.28. The van der Waals surface area contributed by atoms with Gasteiger partial charge < -0.3 is 20.3 Å². The molecule has 3 rings (SSSR count). The van der Waals surface area contributed by atoms with Gasteiger partial charge >= 0.3 is 0 Å². The minimum atomic E-state index is -0.819. The maximum atomic E-state index is 13.1. The molecule has 1 heterocycles. The highest BCUT2D eigenvalue weighted by molar-refractivity contribution is 6.31. The summed E-state index contributed by atoms with van der Waals surface area (Å²) in [5.74, 6) is -0.0404. The lowest BCUT2D eigenvalue weighted by molar-refractivity contribution is -0.152. The third-order valence-corrected chi connectivity index (χ3v) is 5.97. The fourth-order valence-electron chi connectivity index (χ4n) is 4.41. The number of amides is 3. The summed E-state index contributed by atoms with van der Waals surface area (Å²) >= 11 is 6.04. The van der Waals surface area contributed by atoms with Crippen LogP contribution in [0.25, 0.3) is 0 Å². The van der Waals surface area contributed by atoms with Crippen LogP contribution < -0.4 is 15.4 Å². The Bertz CT molecular complexity index is 814. The molecule has 1 aliphatic heterocycles. The Morgan fingerprint density at radius 3 is 2.73 bits per heavy atom. The maximum Gasteiger partial charge on any atom is 0.243 e. The van der Waals surface area contributed by atoms with Crippen LogP contribution in [0, 0.1) is 5.92 Å². The molecule has 1 aromatic carbocycles. The van der Waals surface area contributed by atoms with E-state index in [1.807, 2.05) is 13.8 Å². The average molecular weight is 436 g/mol. The molecule has 30 heavy (non-hydrogen) atoms. The highest BCUT2D eigenvalue weighted by atomic mass is 35.5. The van der Waals surface area contributed by atoms with Crippen LogP contribution in [0.5, 0.6) is 5.75 Å². The predicted molar refractivity (Wildman–Crippen MR) is 116 cm³/mol. The van der Waals surface area contributed by atoms with Gasteiger partial charge in [0.05, 0.1) is 25.3 Å². The van der Waals surface area contributed by atoms with Crippen LogP contribution in [-0.4, -0.2) is 47.9 Å². The lowest BCUT2D eigenvalue weighted by Gasteiger charge is -2.48. The number of halogens is 1. The van der Waals surface area contributed by atoms with E-state index in [4.69, 9.17) is 16.3 Å². The number of anilines is 1. The summed E-state index contributed by atoms with van der Waals surface area (Å²) < 4.78 is 5.27. The molecule has 3 atom stereocenters. The van der Waals surface area contributed by atoms with Crippen molar-refractivity contribution in [2.75, 3.05) is 12.4 Å². The van der Waals surface area contributed by atoms with Gasteiger partial charge in [-0.25, -0.2) is 0 Å².